The van der Waals surface area contributed by atoms with E-state index in [4.69, 9.17) is 31.0 Å². The molecule has 2 aromatic carbocycles. The normalized spacial score (nSPS) is 10.4. The van der Waals surface area contributed by atoms with Crippen molar-refractivity contribution in [2.24, 2.45) is 0 Å². The standard InChI is InChI=1S/C11H10BClO4/c1-16-11-8-3-2-4-9(13)7(8)5-6-10(11)17-12(14)15/h2-6,14-15H,1H3. The maximum absolute atomic E-state index is 8.80. The van der Waals surface area contributed by atoms with E-state index in [9.17, 15) is 0 Å². The topological polar surface area (TPSA) is 58.9 Å². The average molecular weight is 252 g/mol. The van der Waals surface area contributed by atoms with Crippen LogP contribution >= 0.6 is 11.6 Å². The van der Waals surface area contributed by atoms with Crippen molar-refractivity contribution in [1.29, 1.82) is 0 Å². The highest BCUT2D eigenvalue weighted by molar-refractivity contribution is 6.36. The summed E-state index contributed by atoms with van der Waals surface area (Å²) in [7, 11) is -0.410. The van der Waals surface area contributed by atoms with Crippen LogP contribution in [0.5, 0.6) is 11.5 Å². The van der Waals surface area contributed by atoms with Crippen LogP contribution < -0.4 is 9.39 Å². The Morgan fingerprint density at radius 2 is 1.88 bits per heavy atom. The summed E-state index contributed by atoms with van der Waals surface area (Å²) in [6, 6.07) is 8.68. The van der Waals surface area contributed by atoms with Crippen molar-refractivity contribution < 1.29 is 19.4 Å². The number of fused-ring (bicyclic) bond motifs is 1. The van der Waals surface area contributed by atoms with Gasteiger partial charge in [-0.3, -0.25) is 0 Å². The van der Waals surface area contributed by atoms with Crippen molar-refractivity contribution in [2.45, 2.75) is 0 Å². The molecule has 0 aliphatic heterocycles. The largest absolute Gasteiger partial charge is 0.707 e. The van der Waals surface area contributed by atoms with Crippen LogP contribution in [-0.4, -0.2) is 24.5 Å². The van der Waals surface area contributed by atoms with Crippen LogP contribution in [0.25, 0.3) is 10.8 Å². The lowest BCUT2D eigenvalue weighted by Gasteiger charge is -2.13. The molecule has 0 aliphatic rings. The molecule has 88 valence electrons. The Hall–Kier alpha value is -1.43. The monoisotopic (exact) mass is 252 g/mol. The van der Waals surface area contributed by atoms with Gasteiger partial charge in [0.15, 0.2) is 5.75 Å². The number of methoxy groups -OCH3 is 1. The molecular weight excluding hydrogens is 242 g/mol. The fraction of sp³-hybridized carbons (Fsp3) is 0.0909. The first-order valence-corrected chi connectivity index (χ1v) is 5.29. The number of halogens is 1. The van der Waals surface area contributed by atoms with E-state index in [1.165, 1.54) is 7.11 Å². The van der Waals surface area contributed by atoms with Crippen molar-refractivity contribution in [1.82, 2.24) is 0 Å². The second-order valence-corrected chi connectivity index (χ2v) is 3.78. The van der Waals surface area contributed by atoms with Crippen LogP contribution in [-0.2, 0) is 0 Å². The predicted molar refractivity (Wildman–Crippen MR) is 66.3 cm³/mol. The zero-order valence-electron chi connectivity index (χ0n) is 9.05. The molecule has 0 aliphatic carbocycles. The molecule has 6 heteroatoms. The smallest absolute Gasteiger partial charge is 0.509 e. The van der Waals surface area contributed by atoms with Gasteiger partial charge in [-0.05, 0) is 18.2 Å². The first kappa shape index (κ1) is 12.0. The van der Waals surface area contributed by atoms with Crippen LogP contribution in [0, 0.1) is 0 Å². The van der Waals surface area contributed by atoms with Crippen LogP contribution in [0.15, 0.2) is 30.3 Å². The second-order valence-electron chi connectivity index (χ2n) is 3.38. The Morgan fingerprint density at radius 3 is 2.53 bits per heavy atom. The predicted octanol–water partition coefficient (Wildman–Crippen LogP) is 1.85. The highest BCUT2D eigenvalue weighted by atomic mass is 35.5. The number of hydrogen-bond acceptors (Lipinski definition) is 4. The molecule has 0 heterocycles. The summed E-state index contributed by atoms with van der Waals surface area (Å²) in [5.41, 5.74) is 0. The van der Waals surface area contributed by atoms with Crippen LogP contribution in [0.2, 0.25) is 5.02 Å². The molecule has 0 radical (unpaired) electrons. The van der Waals surface area contributed by atoms with Crippen molar-refractivity contribution >= 4 is 29.7 Å². The summed E-state index contributed by atoms with van der Waals surface area (Å²) in [4.78, 5) is 0. The molecule has 0 unspecified atom stereocenters. The lowest BCUT2D eigenvalue weighted by molar-refractivity contribution is 0.280. The minimum atomic E-state index is -1.89. The van der Waals surface area contributed by atoms with Crippen LogP contribution in [0.4, 0.5) is 0 Å². The van der Waals surface area contributed by atoms with E-state index in [1.807, 2.05) is 6.07 Å². The van der Waals surface area contributed by atoms with E-state index in [2.05, 4.69) is 0 Å². The molecule has 17 heavy (non-hydrogen) atoms. The minimum Gasteiger partial charge on any atom is -0.509 e. The number of hydrogen-bond donors (Lipinski definition) is 2. The van der Waals surface area contributed by atoms with E-state index in [1.54, 1.807) is 24.3 Å². The van der Waals surface area contributed by atoms with E-state index >= 15 is 0 Å². The summed E-state index contributed by atoms with van der Waals surface area (Å²) >= 11 is 6.05. The third-order valence-electron chi connectivity index (χ3n) is 2.36. The highest BCUT2D eigenvalue weighted by Crippen LogP contribution is 2.38. The lowest BCUT2D eigenvalue weighted by Crippen LogP contribution is -2.20. The summed E-state index contributed by atoms with van der Waals surface area (Å²) in [6.45, 7) is 0. The van der Waals surface area contributed by atoms with Gasteiger partial charge in [0.25, 0.3) is 0 Å². The Bertz CT molecular complexity index is 544. The second kappa shape index (κ2) is 4.83. The van der Waals surface area contributed by atoms with Crippen LogP contribution in [0.3, 0.4) is 0 Å². The molecule has 0 aromatic heterocycles. The first-order valence-electron chi connectivity index (χ1n) is 4.91. The molecule has 2 rings (SSSR count). The molecule has 0 bridgehead atoms. The van der Waals surface area contributed by atoms with Gasteiger partial charge in [0.1, 0.15) is 5.75 Å². The third-order valence-corrected chi connectivity index (χ3v) is 2.69. The molecule has 0 amide bonds. The average Bonchev–Trinajstić information content (AvgIpc) is 2.28. The lowest BCUT2D eigenvalue weighted by atomic mass is 10.1. The molecular formula is C11H10BClO4. The van der Waals surface area contributed by atoms with Gasteiger partial charge in [0.05, 0.1) is 7.11 Å². The maximum atomic E-state index is 8.80. The Balaban J connectivity index is 2.65. The molecule has 4 nitrogen and oxygen atoms in total. The van der Waals surface area contributed by atoms with Gasteiger partial charge in [-0.1, -0.05) is 23.7 Å². The number of ether oxygens (including phenoxy) is 1. The van der Waals surface area contributed by atoms with E-state index in [-0.39, 0.29) is 5.75 Å². The maximum Gasteiger partial charge on any atom is 0.707 e. The van der Waals surface area contributed by atoms with Gasteiger partial charge in [-0.15, -0.1) is 0 Å². The van der Waals surface area contributed by atoms with Gasteiger partial charge < -0.3 is 19.4 Å². The molecule has 0 spiro atoms. The summed E-state index contributed by atoms with van der Waals surface area (Å²) < 4.78 is 10.0. The first-order chi connectivity index (χ1) is 8.13. The van der Waals surface area contributed by atoms with Crippen molar-refractivity contribution in [2.75, 3.05) is 7.11 Å². The third kappa shape index (κ3) is 2.31. The zero-order valence-corrected chi connectivity index (χ0v) is 9.81. The molecule has 0 saturated carbocycles. The highest BCUT2D eigenvalue weighted by Gasteiger charge is 2.17. The van der Waals surface area contributed by atoms with Crippen molar-refractivity contribution in [3.05, 3.63) is 35.4 Å². The van der Waals surface area contributed by atoms with Crippen LogP contribution in [0.1, 0.15) is 0 Å². The van der Waals surface area contributed by atoms with Crippen molar-refractivity contribution in [3.8, 4) is 11.5 Å². The molecule has 0 saturated heterocycles. The molecule has 0 atom stereocenters. The van der Waals surface area contributed by atoms with Gasteiger partial charge in [-0.2, -0.15) is 0 Å². The fourth-order valence-corrected chi connectivity index (χ4v) is 1.93. The Morgan fingerprint density at radius 1 is 1.12 bits per heavy atom. The summed E-state index contributed by atoms with van der Waals surface area (Å²) in [5.74, 6) is 0.662. The van der Waals surface area contributed by atoms with Gasteiger partial charge in [0, 0.05) is 15.8 Å². The van der Waals surface area contributed by atoms with Gasteiger partial charge >= 0.3 is 7.32 Å². The van der Waals surface area contributed by atoms with Gasteiger partial charge in [-0.25, -0.2) is 0 Å². The quantitative estimate of drug-likeness (QED) is 0.819. The van der Waals surface area contributed by atoms with Gasteiger partial charge in [0.2, 0.25) is 0 Å². The zero-order chi connectivity index (χ0) is 12.4. The summed E-state index contributed by atoms with van der Waals surface area (Å²) in [6.07, 6.45) is 0. The molecule has 0 fully saturated rings. The summed E-state index contributed by atoms with van der Waals surface area (Å²) in [5, 5.41) is 19.8. The Labute approximate surface area is 104 Å². The van der Waals surface area contributed by atoms with E-state index < -0.39 is 7.32 Å². The number of rotatable bonds is 3. The van der Waals surface area contributed by atoms with Crippen molar-refractivity contribution in [3.63, 3.8) is 0 Å². The SMILES string of the molecule is COc1c(OB(O)O)ccc2c(Cl)cccc12. The molecule has 2 N–H and O–H groups in total. The minimum absolute atomic E-state index is 0.247. The number of benzene rings is 2. The van der Waals surface area contributed by atoms with E-state index in [0.29, 0.717) is 10.8 Å². The molecule has 2 aromatic rings. The Kier molecular flexibility index (Phi) is 3.42. The fourth-order valence-electron chi connectivity index (χ4n) is 1.69. The van der Waals surface area contributed by atoms with E-state index in [0.717, 1.165) is 10.8 Å².